The van der Waals surface area contributed by atoms with E-state index < -0.39 is 10.0 Å². The average Bonchev–Trinajstić information content (AvgIpc) is 2.51. The fourth-order valence-electron chi connectivity index (χ4n) is 1.46. The standard InChI is InChI=1S/C10H19NO2S/c1-8(2)10-5-6-11(7-10)14(12,13)9(3)4/h5,8-9H,6-7H2,1-4H3. The third-order valence-electron chi connectivity index (χ3n) is 2.61. The Morgan fingerprint density at radius 3 is 2.21 bits per heavy atom. The molecule has 0 unspecified atom stereocenters. The Balaban J connectivity index is 2.72. The third kappa shape index (κ3) is 2.17. The Morgan fingerprint density at radius 1 is 1.29 bits per heavy atom. The molecule has 0 aromatic heterocycles. The molecule has 14 heavy (non-hydrogen) atoms. The van der Waals surface area contributed by atoms with Crippen LogP contribution >= 0.6 is 0 Å². The maximum atomic E-state index is 11.8. The van der Waals surface area contributed by atoms with E-state index in [1.54, 1.807) is 18.2 Å². The largest absolute Gasteiger partial charge is 0.217 e. The fourth-order valence-corrected chi connectivity index (χ4v) is 2.67. The number of hydrogen-bond acceptors (Lipinski definition) is 2. The van der Waals surface area contributed by atoms with Crippen molar-refractivity contribution in [2.45, 2.75) is 32.9 Å². The molecule has 1 rings (SSSR count). The smallest absolute Gasteiger partial charge is 0.212 e. The maximum Gasteiger partial charge on any atom is 0.217 e. The molecule has 1 aliphatic rings. The van der Waals surface area contributed by atoms with Crippen LogP contribution in [0.2, 0.25) is 0 Å². The maximum absolute atomic E-state index is 11.8. The lowest BCUT2D eigenvalue weighted by atomic mass is 10.1. The molecule has 0 bridgehead atoms. The molecule has 0 aromatic carbocycles. The van der Waals surface area contributed by atoms with Gasteiger partial charge in [-0.2, -0.15) is 4.31 Å². The first-order valence-corrected chi connectivity index (χ1v) is 6.54. The minimum Gasteiger partial charge on any atom is -0.212 e. The van der Waals surface area contributed by atoms with E-state index in [-0.39, 0.29) is 5.25 Å². The van der Waals surface area contributed by atoms with E-state index in [1.165, 1.54) is 5.57 Å². The lowest BCUT2D eigenvalue weighted by molar-refractivity contribution is 0.470. The van der Waals surface area contributed by atoms with Gasteiger partial charge in [0, 0.05) is 13.1 Å². The molecule has 4 heteroatoms. The number of nitrogens with zero attached hydrogens (tertiary/aromatic N) is 1. The van der Waals surface area contributed by atoms with Crippen molar-refractivity contribution >= 4 is 10.0 Å². The second-order valence-electron chi connectivity index (χ2n) is 4.32. The Labute approximate surface area is 86.8 Å². The van der Waals surface area contributed by atoms with Gasteiger partial charge in [-0.1, -0.05) is 25.5 Å². The molecule has 0 saturated carbocycles. The van der Waals surface area contributed by atoms with Gasteiger partial charge in [-0.3, -0.25) is 0 Å². The van der Waals surface area contributed by atoms with Crippen LogP contribution in [0.25, 0.3) is 0 Å². The van der Waals surface area contributed by atoms with Crippen molar-refractivity contribution in [3.05, 3.63) is 11.6 Å². The summed E-state index contributed by atoms with van der Waals surface area (Å²) >= 11 is 0. The highest BCUT2D eigenvalue weighted by atomic mass is 32.2. The van der Waals surface area contributed by atoms with Gasteiger partial charge in [-0.05, 0) is 19.8 Å². The first-order valence-electron chi connectivity index (χ1n) is 5.03. The first-order chi connectivity index (χ1) is 6.35. The summed E-state index contributed by atoms with van der Waals surface area (Å²) in [5, 5.41) is -0.317. The van der Waals surface area contributed by atoms with E-state index in [4.69, 9.17) is 0 Å². The predicted octanol–water partition coefficient (Wildman–Crippen LogP) is 1.62. The van der Waals surface area contributed by atoms with Crippen LogP contribution < -0.4 is 0 Å². The van der Waals surface area contributed by atoms with Gasteiger partial charge in [0.1, 0.15) is 0 Å². The monoisotopic (exact) mass is 217 g/mol. The van der Waals surface area contributed by atoms with Crippen molar-refractivity contribution in [1.82, 2.24) is 4.31 Å². The van der Waals surface area contributed by atoms with Gasteiger partial charge in [0.05, 0.1) is 5.25 Å². The summed E-state index contributed by atoms with van der Waals surface area (Å²) in [5.41, 5.74) is 1.23. The molecule has 0 saturated heterocycles. The van der Waals surface area contributed by atoms with Gasteiger partial charge in [-0.25, -0.2) is 8.42 Å². The quantitative estimate of drug-likeness (QED) is 0.674. The molecule has 0 amide bonds. The van der Waals surface area contributed by atoms with Gasteiger partial charge in [0.25, 0.3) is 0 Å². The molecular formula is C10H19NO2S. The summed E-state index contributed by atoms with van der Waals surface area (Å²) in [6.45, 7) is 8.77. The molecule has 0 spiro atoms. The van der Waals surface area contributed by atoms with Crippen molar-refractivity contribution in [2.24, 2.45) is 5.92 Å². The Bertz CT molecular complexity index is 328. The number of rotatable bonds is 3. The minimum atomic E-state index is -3.06. The van der Waals surface area contributed by atoms with Crippen LogP contribution in [0.5, 0.6) is 0 Å². The Hall–Kier alpha value is -0.350. The van der Waals surface area contributed by atoms with Crippen LogP contribution in [0.15, 0.2) is 11.6 Å². The summed E-state index contributed by atoms with van der Waals surface area (Å²) in [6.07, 6.45) is 2.03. The molecule has 1 aliphatic heterocycles. The predicted molar refractivity (Wildman–Crippen MR) is 58.5 cm³/mol. The van der Waals surface area contributed by atoms with Gasteiger partial charge in [-0.15, -0.1) is 0 Å². The van der Waals surface area contributed by atoms with Crippen molar-refractivity contribution in [2.75, 3.05) is 13.1 Å². The lowest BCUT2D eigenvalue weighted by Gasteiger charge is -2.19. The molecule has 0 aliphatic carbocycles. The van der Waals surface area contributed by atoms with Crippen LogP contribution in [0.3, 0.4) is 0 Å². The van der Waals surface area contributed by atoms with Crippen LogP contribution in [0, 0.1) is 5.92 Å². The van der Waals surface area contributed by atoms with Crippen molar-refractivity contribution < 1.29 is 8.42 Å². The van der Waals surface area contributed by atoms with Crippen LogP contribution in [0.1, 0.15) is 27.7 Å². The van der Waals surface area contributed by atoms with Crippen LogP contribution in [-0.4, -0.2) is 31.1 Å². The molecule has 3 nitrogen and oxygen atoms in total. The van der Waals surface area contributed by atoms with Crippen molar-refractivity contribution in [3.8, 4) is 0 Å². The van der Waals surface area contributed by atoms with Crippen LogP contribution in [0.4, 0.5) is 0 Å². The fraction of sp³-hybridized carbons (Fsp3) is 0.800. The summed E-state index contributed by atoms with van der Waals surface area (Å²) < 4.78 is 25.1. The van der Waals surface area contributed by atoms with Gasteiger partial charge < -0.3 is 0 Å². The number of hydrogen-bond donors (Lipinski definition) is 0. The molecular weight excluding hydrogens is 198 g/mol. The number of sulfonamides is 1. The van der Waals surface area contributed by atoms with Crippen LogP contribution in [-0.2, 0) is 10.0 Å². The molecule has 82 valence electrons. The highest BCUT2D eigenvalue weighted by molar-refractivity contribution is 7.89. The van der Waals surface area contributed by atoms with E-state index in [0.717, 1.165) is 0 Å². The van der Waals surface area contributed by atoms with E-state index in [2.05, 4.69) is 13.8 Å². The SMILES string of the molecule is CC(C)C1=CCN(S(=O)(=O)C(C)C)C1. The molecule has 0 atom stereocenters. The normalized spacial score (nSPS) is 19.4. The van der Waals surface area contributed by atoms with E-state index in [1.807, 2.05) is 6.08 Å². The second-order valence-corrected chi connectivity index (χ2v) is 6.81. The molecule has 1 heterocycles. The van der Waals surface area contributed by atoms with Crippen molar-refractivity contribution in [3.63, 3.8) is 0 Å². The Kier molecular flexibility index (Phi) is 3.37. The zero-order valence-corrected chi connectivity index (χ0v) is 10.1. The topological polar surface area (TPSA) is 37.4 Å². The molecule has 0 N–H and O–H groups in total. The van der Waals surface area contributed by atoms with Crippen molar-refractivity contribution in [1.29, 1.82) is 0 Å². The second kappa shape index (κ2) is 4.03. The first kappa shape index (κ1) is 11.7. The van der Waals surface area contributed by atoms with Gasteiger partial charge in [0.15, 0.2) is 0 Å². The zero-order valence-electron chi connectivity index (χ0n) is 9.32. The molecule has 0 radical (unpaired) electrons. The average molecular weight is 217 g/mol. The van der Waals surface area contributed by atoms with Gasteiger partial charge >= 0.3 is 0 Å². The van der Waals surface area contributed by atoms with E-state index in [0.29, 0.717) is 19.0 Å². The Morgan fingerprint density at radius 2 is 1.86 bits per heavy atom. The van der Waals surface area contributed by atoms with E-state index in [9.17, 15) is 8.42 Å². The molecule has 0 aromatic rings. The lowest BCUT2D eigenvalue weighted by Crippen LogP contribution is -2.35. The third-order valence-corrected chi connectivity index (χ3v) is 4.80. The van der Waals surface area contributed by atoms with E-state index >= 15 is 0 Å². The van der Waals surface area contributed by atoms with Gasteiger partial charge in [0.2, 0.25) is 10.0 Å². The highest BCUT2D eigenvalue weighted by Crippen LogP contribution is 2.21. The molecule has 0 fully saturated rings. The zero-order chi connectivity index (χ0) is 10.9. The highest BCUT2D eigenvalue weighted by Gasteiger charge is 2.29. The summed E-state index contributed by atoms with van der Waals surface area (Å²) in [6, 6.07) is 0. The minimum absolute atomic E-state index is 0.317. The summed E-state index contributed by atoms with van der Waals surface area (Å²) in [4.78, 5) is 0. The summed E-state index contributed by atoms with van der Waals surface area (Å²) in [5.74, 6) is 0.447. The summed E-state index contributed by atoms with van der Waals surface area (Å²) in [7, 11) is -3.06.